The lowest BCUT2D eigenvalue weighted by atomic mass is 10.1. The molecule has 0 unspecified atom stereocenters. The summed E-state index contributed by atoms with van der Waals surface area (Å²) in [6.45, 7) is 7.66. The fraction of sp³-hybridized carbons (Fsp3) is 0.364. The van der Waals surface area contributed by atoms with E-state index in [1.807, 2.05) is 30.6 Å². The first kappa shape index (κ1) is 18.5. The van der Waals surface area contributed by atoms with E-state index >= 15 is 0 Å². The zero-order chi connectivity index (χ0) is 18.2. The minimum atomic E-state index is 0.284. The largest absolute Gasteiger partial charge is 0.379 e. The molecule has 0 fully saturated rings. The van der Waals surface area contributed by atoms with Crippen molar-refractivity contribution in [2.24, 2.45) is 0 Å². The monoisotopic (exact) mass is 349 g/mol. The van der Waals surface area contributed by atoms with Gasteiger partial charge >= 0.3 is 0 Å². The lowest BCUT2D eigenvalue weighted by Gasteiger charge is -2.22. The van der Waals surface area contributed by atoms with E-state index in [1.165, 1.54) is 10.9 Å². The van der Waals surface area contributed by atoms with Gasteiger partial charge < -0.3 is 4.74 Å². The topological polar surface area (TPSA) is 38.2 Å². The summed E-state index contributed by atoms with van der Waals surface area (Å²) in [7, 11) is 0. The number of rotatable bonds is 9. The average Bonchev–Trinajstić information content (AvgIpc) is 2.66. The van der Waals surface area contributed by atoms with Crippen LogP contribution in [0.3, 0.4) is 0 Å². The van der Waals surface area contributed by atoms with Crippen LogP contribution in [0.1, 0.15) is 31.5 Å². The Kier molecular flexibility index (Phi) is 6.69. The molecule has 2 heterocycles. The molecule has 2 aromatic heterocycles. The molecule has 0 saturated carbocycles. The fourth-order valence-electron chi connectivity index (χ4n) is 3.02. The summed E-state index contributed by atoms with van der Waals surface area (Å²) in [5, 5.41) is 1.19. The minimum Gasteiger partial charge on any atom is -0.379 e. The Bertz CT molecular complexity index is 805. The third-order valence-corrected chi connectivity index (χ3v) is 4.26. The third kappa shape index (κ3) is 5.61. The minimum absolute atomic E-state index is 0.284. The van der Waals surface area contributed by atoms with E-state index in [-0.39, 0.29) is 6.10 Å². The van der Waals surface area contributed by atoms with Gasteiger partial charge in [0, 0.05) is 44.0 Å². The van der Waals surface area contributed by atoms with Crippen molar-refractivity contribution >= 4 is 10.9 Å². The van der Waals surface area contributed by atoms with E-state index in [2.05, 4.69) is 59.0 Å². The molecule has 4 nitrogen and oxygen atoms in total. The zero-order valence-corrected chi connectivity index (χ0v) is 15.6. The third-order valence-electron chi connectivity index (χ3n) is 4.26. The van der Waals surface area contributed by atoms with Gasteiger partial charge in [-0.3, -0.25) is 14.9 Å². The van der Waals surface area contributed by atoms with Crippen molar-refractivity contribution < 1.29 is 4.74 Å². The highest BCUT2D eigenvalue weighted by Gasteiger charge is 2.09. The number of pyridine rings is 2. The molecule has 0 radical (unpaired) electrons. The molecule has 0 bridgehead atoms. The van der Waals surface area contributed by atoms with E-state index in [4.69, 9.17) is 4.74 Å². The molecule has 3 rings (SSSR count). The maximum absolute atomic E-state index is 5.70. The molecule has 0 atom stereocenters. The molecule has 0 aliphatic rings. The highest BCUT2D eigenvalue weighted by molar-refractivity contribution is 5.78. The van der Waals surface area contributed by atoms with Crippen LogP contribution in [0.15, 0.2) is 60.9 Å². The Hall–Kier alpha value is -2.30. The van der Waals surface area contributed by atoms with Gasteiger partial charge in [-0.15, -0.1) is 0 Å². The molecule has 1 aromatic carbocycles. The number of fused-ring (bicyclic) bond motifs is 1. The first-order valence-corrected chi connectivity index (χ1v) is 9.28. The van der Waals surface area contributed by atoms with Gasteiger partial charge in [0.1, 0.15) is 0 Å². The molecule has 26 heavy (non-hydrogen) atoms. The van der Waals surface area contributed by atoms with Gasteiger partial charge in [0.05, 0.1) is 17.3 Å². The summed E-state index contributed by atoms with van der Waals surface area (Å²) in [5.41, 5.74) is 3.43. The summed E-state index contributed by atoms with van der Waals surface area (Å²) in [6.07, 6.45) is 4.99. The van der Waals surface area contributed by atoms with Crippen LogP contribution in [0.25, 0.3) is 10.9 Å². The molecular formula is C22H27N3O. The predicted molar refractivity (Wildman–Crippen MR) is 106 cm³/mol. The van der Waals surface area contributed by atoms with E-state index in [0.717, 1.165) is 43.9 Å². The van der Waals surface area contributed by atoms with Gasteiger partial charge in [-0.25, -0.2) is 0 Å². The van der Waals surface area contributed by atoms with Crippen LogP contribution in [0.5, 0.6) is 0 Å². The van der Waals surface area contributed by atoms with Crippen molar-refractivity contribution in [1.82, 2.24) is 14.9 Å². The van der Waals surface area contributed by atoms with Crippen molar-refractivity contribution in [3.8, 4) is 0 Å². The maximum atomic E-state index is 5.70. The number of hydrogen-bond acceptors (Lipinski definition) is 4. The lowest BCUT2D eigenvalue weighted by molar-refractivity contribution is 0.0692. The Morgan fingerprint density at radius 2 is 1.85 bits per heavy atom. The second-order valence-electron chi connectivity index (χ2n) is 6.84. The van der Waals surface area contributed by atoms with Crippen LogP contribution in [0.2, 0.25) is 0 Å². The SMILES string of the molecule is CC(C)OCCCN(Cc1ccc2ncccc2c1)Cc1ccccn1. The maximum Gasteiger partial charge on any atom is 0.0702 e. The normalized spacial score (nSPS) is 11.5. The van der Waals surface area contributed by atoms with Crippen LogP contribution in [0, 0.1) is 0 Å². The summed E-state index contributed by atoms with van der Waals surface area (Å²) >= 11 is 0. The molecule has 3 aromatic rings. The van der Waals surface area contributed by atoms with E-state index in [9.17, 15) is 0 Å². The highest BCUT2D eigenvalue weighted by atomic mass is 16.5. The predicted octanol–water partition coefficient (Wildman–Crippen LogP) is 4.45. The van der Waals surface area contributed by atoms with Gasteiger partial charge in [-0.2, -0.15) is 0 Å². The van der Waals surface area contributed by atoms with Crippen molar-refractivity contribution in [1.29, 1.82) is 0 Å². The summed E-state index contributed by atoms with van der Waals surface area (Å²) in [6, 6.07) is 16.7. The molecule has 0 N–H and O–H groups in total. The van der Waals surface area contributed by atoms with Gasteiger partial charge in [0.2, 0.25) is 0 Å². The smallest absolute Gasteiger partial charge is 0.0702 e. The Morgan fingerprint density at radius 3 is 2.65 bits per heavy atom. The number of aromatic nitrogens is 2. The molecule has 0 spiro atoms. The van der Waals surface area contributed by atoms with Crippen LogP contribution in [-0.2, 0) is 17.8 Å². The quantitative estimate of drug-likeness (QED) is 0.535. The van der Waals surface area contributed by atoms with Gasteiger partial charge in [-0.05, 0) is 56.2 Å². The second kappa shape index (κ2) is 9.41. The van der Waals surface area contributed by atoms with Crippen LogP contribution >= 0.6 is 0 Å². The molecule has 0 saturated heterocycles. The molecule has 0 aliphatic carbocycles. The molecular weight excluding hydrogens is 322 g/mol. The van der Waals surface area contributed by atoms with Crippen LogP contribution in [0.4, 0.5) is 0 Å². The average molecular weight is 349 g/mol. The zero-order valence-electron chi connectivity index (χ0n) is 15.6. The first-order chi connectivity index (χ1) is 12.7. The second-order valence-corrected chi connectivity index (χ2v) is 6.84. The van der Waals surface area contributed by atoms with Crippen molar-refractivity contribution in [3.05, 3.63) is 72.2 Å². The molecule has 4 heteroatoms. The van der Waals surface area contributed by atoms with Crippen molar-refractivity contribution in [3.63, 3.8) is 0 Å². The Labute approximate surface area is 155 Å². The highest BCUT2D eigenvalue weighted by Crippen LogP contribution is 2.16. The fourth-order valence-corrected chi connectivity index (χ4v) is 3.02. The summed E-state index contributed by atoms with van der Waals surface area (Å²) in [4.78, 5) is 11.3. The lowest BCUT2D eigenvalue weighted by Crippen LogP contribution is -2.25. The Balaban J connectivity index is 1.68. The van der Waals surface area contributed by atoms with E-state index in [1.54, 1.807) is 0 Å². The molecule has 0 aliphatic heterocycles. The van der Waals surface area contributed by atoms with E-state index < -0.39 is 0 Å². The van der Waals surface area contributed by atoms with Gasteiger partial charge in [0.15, 0.2) is 0 Å². The van der Waals surface area contributed by atoms with Gasteiger partial charge in [0.25, 0.3) is 0 Å². The van der Waals surface area contributed by atoms with E-state index in [0.29, 0.717) is 0 Å². The van der Waals surface area contributed by atoms with Crippen LogP contribution in [-0.4, -0.2) is 34.1 Å². The van der Waals surface area contributed by atoms with Gasteiger partial charge in [-0.1, -0.05) is 18.2 Å². The van der Waals surface area contributed by atoms with Crippen molar-refractivity contribution in [2.75, 3.05) is 13.2 Å². The van der Waals surface area contributed by atoms with Crippen molar-refractivity contribution in [2.45, 2.75) is 39.5 Å². The molecule has 136 valence electrons. The summed E-state index contributed by atoms with van der Waals surface area (Å²) in [5.74, 6) is 0. The number of benzene rings is 1. The number of nitrogens with zero attached hydrogens (tertiary/aromatic N) is 3. The standard InChI is InChI=1S/C22H27N3O/c1-18(2)26-14-6-13-25(17-21-8-3-4-11-23-21)16-19-9-10-22-20(15-19)7-5-12-24-22/h3-5,7-12,15,18H,6,13-14,16-17H2,1-2H3. The summed E-state index contributed by atoms with van der Waals surface area (Å²) < 4.78 is 5.70. The number of ether oxygens (including phenoxy) is 1. The molecule has 0 amide bonds. The Morgan fingerprint density at radius 1 is 0.962 bits per heavy atom. The number of hydrogen-bond donors (Lipinski definition) is 0. The first-order valence-electron chi connectivity index (χ1n) is 9.28. The van der Waals surface area contributed by atoms with Crippen LogP contribution < -0.4 is 0 Å².